The van der Waals surface area contributed by atoms with Crippen LogP contribution in [0.4, 0.5) is 0 Å². The Bertz CT molecular complexity index is 1040. The van der Waals surface area contributed by atoms with E-state index in [1.807, 2.05) is 27.2 Å². The number of rotatable bonds is 40. The molecule has 322 valence electrons. The van der Waals surface area contributed by atoms with Crippen LogP contribution in [0, 0.1) is 0 Å². The van der Waals surface area contributed by atoms with Gasteiger partial charge in [0.1, 0.15) is 13.2 Å². The van der Waals surface area contributed by atoms with Gasteiger partial charge in [0.2, 0.25) is 5.91 Å². The van der Waals surface area contributed by atoms with Crippen LogP contribution in [0.1, 0.15) is 187 Å². The van der Waals surface area contributed by atoms with Crippen molar-refractivity contribution in [3.8, 4) is 0 Å². The van der Waals surface area contributed by atoms with Crippen LogP contribution < -0.4 is 5.32 Å². The van der Waals surface area contributed by atoms with Crippen molar-refractivity contribution in [1.29, 1.82) is 0 Å². The summed E-state index contributed by atoms with van der Waals surface area (Å²) in [4.78, 5) is 23.1. The molecule has 0 aliphatic rings. The van der Waals surface area contributed by atoms with Crippen molar-refractivity contribution in [1.82, 2.24) is 5.32 Å². The van der Waals surface area contributed by atoms with Crippen molar-refractivity contribution in [2.75, 3.05) is 40.9 Å². The first-order chi connectivity index (χ1) is 26.5. The number of carbonyl (C=O) groups excluding carboxylic acids is 1. The predicted octanol–water partition coefficient (Wildman–Crippen LogP) is 12.5. The van der Waals surface area contributed by atoms with Crippen LogP contribution >= 0.6 is 7.82 Å². The number of carbonyl (C=O) groups is 1. The number of phosphoric acid groups is 1. The van der Waals surface area contributed by atoms with E-state index in [1.54, 1.807) is 6.08 Å². The smallest absolute Gasteiger partial charge is 0.387 e. The van der Waals surface area contributed by atoms with Crippen LogP contribution in [0.3, 0.4) is 0 Å². The molecule has 1 amide bonds. The number of phosphoric ester groups is 1. The van der Waals surface area contributed by atoms with E-state index in [0.29, 0.717) is 17.4 Å². The van der Waals surface area contributed by atoms with Gasteiger partial charge >= 0.3 is 7.82 Å². The van der Waals surface area contributed by atoms with Gasteiger partial charge in [-0.05, 0) is 70.6 Å². The third kappa shape index (κ3) is 40.5. The van der Waals surface area contributed by atoms with Crippen LogP contribution in [0.5, 0.6) is 0 Å². The molecule has 0 heterocycles. The van der Waals surface area contributed by atoms with Gasteiger partial charge in [-0.25, -0.2) is 4.57 Å². The Balaban J connectivity index is 4.49. The fourth-order valence-electron chi connectivity index (χ4n) is 6.12. The Kier molecular flexibility index (Phi) is 36.9. The second-order valence-electron chi connectivity index (χ2n) is 16.4. The van der Waals surface area contributed by atoms with Gasteiger partial charge < -0.3 is 19.8 Å². The largest absolute Gasteiger partial charge is 0.472 e. The van der Waals surface area contributed by atoms with Gasteiger partial charge in [-0.2, -0.15) is 0 Å². The number of unbranched alkanes of at least 4 members (excludes halogenated alkanes) is 21. The SMILES string of the molecule is CCCCCCC/C=C/CC/C=C/CC/C=C/C(O)C(COP(=O)(O)OCC[N+](C)(C)C)NC(=O)CCCCCCCCC/C=C\CCCCCCCCC. The van der Waals surface area contributed by atoms with E-state index in [-0.39, 0.29) is 19.1 Å². The zero-order chi connectivity index (χ0) is 40.7. The van der Waals surface area contributed by atoms with E-state index < -0.39 is 20.0 Å². The molecular weight excluding hydrogens is 707 g/mol. The molecule has 0 fully saturated rings. The second-order valence-corrected chi connectivity index (χ2v) is 17.9. The summed E-state index contributed by atoms with van der Waals surface area (Å²) in [6.45, 7) is 4.75. The molecule has 55 heavy (non-hydrogen) atoms. The number of allylic oxidation sites excluding steroid dienone is 7. The molecule has 0 bridgehead atoms. The monoisotopic (exact) mass is 796 g/mol. The average Bonchev–Trinajstić information content (AvgIpc) is 3.13. The number of likely N-dealkylation sites (N-methyl/N-ethyl adjacent to an activating group) is 1. The number of quaternary nitrogens is 1. The third-order valence-electron chi connectivity index (χ3n) is 9.75. The molecule has 9 heteroatoms. The Morgan fingerprint density at radius 1 is 0.600 bits per heavy atom. The van der Waals surface area contributed by atoms with Gasteiger partial charge in [0.05, 0.1) is 39.9 Å². The minimum atomic E-state index is -4.35. The number of amides is 1. The van der Waals surface area contributed by atoms with Crippen LogP contribution in [-0.2, 0) is 18.4 Å². The van der Waals surface area contributed by atoms with E-state index in [1.165, 1.54) is 122 Å². The summed E-state index contributed by atoms with van der Waals surface area (Å²) < 4.78 is 23.5. The molecule has 0 spiro atoms. The van der Waals surface area contributed by atoms with E-state index >= 15 is 0 Å². The lowest BCUT2D eigenvalue weighted by Gasteiger charge is -2.25. The van der Waals surface area contributed by atoms with Crippen molar-refractivity contribution in [3.05, 3.63) is 48.6 Å². The number of nitrogens with one attached hydrogen (secondary N) is 1. The molecule has 0 rings (SSSR count). The normalized spacial score (nSPS) is 14.8. The van der Waals surface area contributed by atoms with Gasteiger partial charge in [-0.3, -0.25) is 13.8 Å². The molecule has 0 aliphatic heterocycles. The Labute approximate surface area is 339 Å². The van der Waals surface area contributed by atoms with Crippen LogP contribution in [0.2, 0.25) is 0 Å². The zero-order valence-electron chi connectivity index (χ0n) is 36.4. The minimum absolute atomic E-state index is 0.0517. The van der Waals surface area contributed by atoms with E-state index in [4.69, 9.17) is 9.05 Å². The molecule has 3 unspecified atom stereocenters. The maximum absolute atomic E-state index is 12.9. The second kappa shape index (κ2) is 38.0. The standard InChI is InChI=1S/C46H87N2O6P/c1-6-8-10-12-14-16-18-20-22-23-24-26-28-30-32-34-36-38-40-46(50)47-44(43-54-55(51,52)53-42-41-48(3,4)5)45(49)39-37-35-33-31-29-27-25-21-19-17-15-13-11-9-7-2/h19,21-23,29,31,37,39,44-45,49H,6-18,20,24-28,30,32-36,38,40-43H2,1-5H3,(H-,47,50,51,52)/p+1/b21-19+,23-22-,31-29+,39-37+. The molecule has 8 nitrogen and oxygen atoms in total. The Hall–Kier alpha value is -1.54. The van der Waals surface area contributed by atoms with Gasteiger partial charge in [0.25, 0.3) is 0 Å². The maximum Gasteiger partial charge on any atom is 0.472 e. The molecule has 0 aromatic rings. The summed E-state index contributed by atoms with van der Waals surface area (Å²) >= 11 is 0. The van der Waals surface area contributed by atoms with E-state index in [9.17, 15) is 19.4 Å². The first-order valence-corrected chi connectivity index (χ1v) is 24.0. The number of hydrogen-bond donors (Lipinski definition) is 3. The zero-order valence-corrected chi connectivity index (χ0v) is 37.3. The molecular formula is C46H88N2O6P+. The number of nitrogens with zero attached hydrogens (tertiary/aromatic N) is 1. The molecule has 0 aromatic heterocycles. The average molecular weight is 796 g/mol. The molecule has 0 aliphatic carbocycles. The van der Waals surface area contributed by atoms with E-state index in [0.717, 1.165) is 44.9 Å². The van der Waals surface area contributed by atoms with Crippen LogP contribution in [0.25, 0.3) is 0 Å². The molecule has 0 radical (unpaired) electrons. The first-order valence-electron chi connectivity index (χ1n) is 22.5. The summed E-state index contributed by atoms with van der Waals surface area (Å²) in [7, 11) is 1.54. The van der Waals surface area contributed by atoms with Gasteiger partial charge in [-0.15, -0.1) is 0 Å². The van der Waals surface area contributed by atoms with Crippen LogP contribution in [0.15, 0.2) is 48.6 Å². The number of hydrogen-bond acceptors (Lipinski definition) is 5. The van der Waals surface area contributed by atoms with Crippen molar-refractivity contribution in [3.63, 3.8) is 0 Å². The molecule has 0 aromatic carbocycles. The Morgan fingerprint density at radius 2 is 1.00 bits per heavy atom. The fourth-order valence-corrected chi connectivity index (χ4v) is 6.86. The minimum Gasteiger partial charge on any atom is -0.387 e. The summed E-state index contributed by atoms with van der Waals surface area (Å²) in [5.74, 6) is -0.198. The topological polar surface area (TPSA) is 105 Å². The lowest BCUT2D eigenvalue weighted by molar-refractivity contribution is -0.870. The maximum atomic E-state index is 12.9. The van der Waals surface area contributed by atoms with Crippen molar-refractivity contribution >= 4 is 13.7 Å². The summed E-state index contributed by atoms with van der Waals surface area (Å²) in [6.07, 6.45) is 47.5. The molecule has 3 N–H and O–H groups in total. The molecule has 0 saturated carbocycles. The van der Waals surface area contributed by atoms with Crippen molar-refractivity contribution < 1.29 is 32.9 Å². The lowest BCUT2D eigenvalue weighted by Crippen LogP contribution is -2.45. The fraction of sp³-hybridized carbons (Fsp3) is 0.804. The van der Waals surface area contributed by atoms with Crippen LogP contribution in [-0.4, -0.2) is 73.4 Å². The van der Waals surface area contributed by atoms with Gasteiger partial charge in [0, 0.05) is 6.42 Å². The highest BCUT2D eigenvalue weighted by Crippen LogP contribution is 2.43. The third-order valence-corrected chi connectivity index (χ3v) is 10.7. The summed E-state index contributed by atoms with van der Waals surface area (Å²) in [5.41, 5.74) is 0. The highest BCUT2D eigenvalue weighted by Gasteiger charge is 2.27. The molecule has 3 atom stereocenters. The van der Waals surface area contributed by atoms with E-state index in [2.05, 4.69) is 55.6 Å². The number of aliphatic hydroxyl groups excluding tert-OH is 1. The van der Waals surface area contributed by atoms with Crippen molar-refractivity contribution in [2.45, 2.75) is 199 Å². The lowest BCUT2D eigenvalue weighted by atomic mass is 10.1. The number of aliphatic hydroxyl groups is 1. The van der Waals surface area contributed by atoms with Crippen molar-refractivity contribution in [2.24, 2.45) is 0 Å². The molecule has 0 saturated heterocycles. The predicted molar refractivity (Wildman–Crippen MR) is 235 cm³/mol. The summed E-state index contributed by atoms with van der Waals surface area (Å²) in [6, 6.07) is -0.871. The first kappa shape index (κ1) is 53.5. The highest BCUT2D eigenvalue weighted by atomic mass is 31.2. The summed E-state index contributed by atoms with van der Waals surface area (Å²) in [5, 5.41) is 13.8. The van der Waals surface area contributed by atoms with Gasteiger partial charge in [-0.1, -0.05) is 159 Å². The highest BCUT2D eigenvalue weighted by molar-refractivity contribution is 7.47. The quantitative estimate of drug-likeness (QED) is 0.0247. The van der Waals surface area contributed by atoms with Gasteiger partial charge in [0.15, 0.2) is 0 Å². The Morgan fingerprint density at radius 3 is 1.45 bits per heavy atom.